The lowest BCUT2D eigenvalue weighted by atomic mass is 10.0. The second kappa shape index (κ2) is 6.97. The maximum atomic E-state index is 12.2. The smallest absolute Gasteiger partial charge is 0.385 e. The predicted octanol–water partition coefficient (Wildman–Crippen LogP) is -1.58. The van der Waals surface area contributed by atoms with Gasteiger partial charge in [-0.15, -0.1) is 20.3 Å². The number of hydrogen-bond donors (Lipinski definition) is 3. The molecule has 0 spiro atoms. The van der Waals surface area contributed by atoms with Gasteiger partial charge in [0, 0.05) is 19.0 Å². The van der Waals surface area contributed by atoms with Gasteiger partial charge in [-0.25, -0.2) is 4.79 Å². The summed E-state index contributed by atoms with van der Waals surface area (Å²) in [6.07, 6.45) is 0.538. The first-order valence-electron chi connectivity index (χ1n) is 6.72. The van der Waals surface area contributed by atoms with Crippen molar-refractivity contribution in [3.63, 3.8) is 0 Å². The molecular formula is C9H16ClN5O7S2. The van der Waals surface area contributed by atoms with E-state index in [2.05, 4.69) is 13.4 Å². The molecule has 2 rings (SSSR count). The van der Waals surface area contributed by atoms with Crippen molar-refractivity contribution in [2.75, 3.05) is 19.0 Å². The van der Waals surface area contributed by atoms with Gasteiger partial charge in [-0.05, 0) is 12.8 Å². The van der Waals surface area contributed by atoms with Crippen LogP contribution in [0.5, 0.6) is 0 Å². The molecule has 0 aliphatic carbocycles. The maximum absolute atomic E-state index is 12.2. The van der Waals surface area contributed by atoms with Gasteiger partial charge in [-0.3, -0.25) is 4.55 Å². The molecule has 2 amide bonds. The van der Waals surface area contributed by atoms with Crippen molar-refractivity contribution < 1.29 is 30.5 Å². The first kappa shape index (κ1) is 19.1. The normalized spacial score (nSPS) is 25.4. The molecule has 12 nitrogen and oxygen atoms in total. The number of urea groups is 1. The number of halogens is 1. The van der Waals surface area contributed by atoms with Crippen molar-refractivity contribution in [1.82, 2.24) is 14.7 Å². The molecule has 2 bridgehead atoms. The van der Waals surface area contributed by atoms with Gasteiger partial charge in [-0.2, -0.15) is 26.6 Å². The zero-order valence-electron chi connectivity index (χ0n) is 12.2. The molecule has 0 radical (unpaired) electrons. The topological polar surface area (TPSA) is 172 Å². The SMILES string of the molecule is NC(=NS(=O)(=O)NCCCl)[C@@H]1CC[C@@H]2CN1C(=O)N2OS(=O)(=O)O. The van der Waals surface area contributed by atoms with E-state index in [0.29, 0.717) is 5.06 Å². The molecule has 0 unspecified atom stereocenters. The molecular weight excluding hydrogens is 390 g/mol. The van der Waals surface area contributed by atoms with Crippen LogP contribution < -0.4 is 10.5 Å². The summed E-state index contributed by atoms with van der Waals surface area (Å²) in [4.78, 5) is 13.3. The van der Waals surface area contributed by atoms with E-state index in [1.54, 1.807) is 0 Å². The number of nitrogens with zero attached hydrogens (tertiary/aromatic N) is 3. The van der Waals surface area contributed by atoms with E-state index in [4.69, 9.17) is 21.9 Å². The molecule has 24 heavy (non-hydrogen) atoms. The monoisotopic (exact) mass is 405 g/mol. The zero-order chi connectivity index (χ0) is 18.1. The van der Waals surface area contributed by atoms with E-state index in [0.717, 1.165) is 4.90 Å². The molecule has 4 N–H and O–H groups in total. The number of hydroxylamine groups is 2. The van der Waals surface area contributed by atoms with E-state index in [1.165, 1.54) is 0 Å². The van der Waals surface area contributed by atoms with Crippen molar-refractivity contribution in [3.05, 3.63) is 0 Å². The van der Waals surface area contributed by atoms with Crippen LogP contribution in [0.25, 0.3) is 0 Å². The Bertz CT molecular complexity index is 739. The highest BCUT2D eigenvalue weighted by Crippen LogP contribution is 2.30. The summed E-state index contributed by atoms with van der Waals surface area (Å²) in [7, 11) is -8.92. The Labute approximate surface area is 143 Å². The van der Waals surface area contributed by atoms with Gasteiger partial charge < -0.3 is 10.6 Å². The number of piperidine rings is 1. The van der Waals surface area contributed by atoms with Crippen LogP contribution in [-0.4, -0.2) is 74.3 Å². The molecule has 2 aliphatic rings. The van der Waals surface area contributed by atoms with Crippen LogP contribution in [0.3, 0.4) is 0 Å². The van der Waals surface area contributed by atoms with E-state index in [1.807, 2.05) is 0 Å². The summed E-state index contributed by atoms with van der Waals surface area (Å²) >= 11 is 5.38. The van der Waals surface area contributed by atoms with Crippen LogP contribution in [0, 0.1) is 0 Å². The number of fused-ring (bicyclic) bond motifs is 2. The second-order valence-electron chi connectivity index (χ2n) is 5.08. The van der Waals surface area contributed by atoms with Gasteiger partial charge in [0.1, 0.15) is 5.84 Å². The van der Waals surface area contributed by atoms with Crippen molar-refractivity contribution in [3.8, 4) is 0 Å². The standard InChI is InChI=1S/C9H16ClN5O7S2/c10-3-4-12-23(17,18)13-8(11)7-2-1-6-5-14(7)9(16)15(6)22-24(19,20)21/h6-7,12H,1-5H2,(H2,11,13)(H,19,20,21)/t6-,7+/m1/s1. The molecule has 0 aromatic carbocycles. The van der Waals surface area contributed by atoms with Crippen molar-refractivity contribution >= 4 is 44.1 Å². The molecule has 138 valence electrons. The minimum atomic E-state index is -4.86. The number of amides is 2. The molecule has 15 heteroatoms. The molecule has 2 aliphatic heterocycles. The molecule has 2 atom stereocenters. The van der Waals surface area contributed by atoms with Gasteiger partial charge in [0.05, 0.1) is 12.1 Å². The summed E-state index contributed by atoms with van der Waals surface area (Å²) in [5.74, 6) is -0.274. The predicted molar refractivity (Wildman–Crippen MR) is 82.6 cm³/mol. The molecule has 2 heterocycles. The highest BCUT2D eigenvalue weighted by Gasteiger charge is 2.48. The molecule has 0 aromatic heterocycles. The molecule has 2 saturated heterocycles. The number of amidine groups is 1. The number of hydrogen-bond acceptors (Lipinski definition) is 6. The lowest BCUT2D eigenvalue weighted by Crippen LogP contribution is -2.48. The highest BCUT2D eigenvalue weighted by molar-refractivity contribution is 7.88. The van der Waals surface area contributed by atoms with Crippen molar-refractivity contribution in [2.45, 2.75) is 24.9 Å². The number of nitrogens with two attached hydrogens (primary N) is 1. The Morgan fingerprint density at radius 3 is 2.67 bits per heavy atom. The summed E-state index contributed by atoms with van der Waals surface area (Å²) in [6, 6.07) is -2.30. The third-order valence-corrected chi connectivity index (χ3v) is 5.00. The summed E-state index contributed by atoms with van der Waals surface area (Å²) in [5.41, 5.74) is 5.70. The lowest BCUT2D eigenvalue weighted by molar-refractivity contribution is -0.0316. The maximum Gasteiger partial charge on any atom is 0.418 e. The molecule has 2 fully saturated rings. The van der Waals surface area contributed by atoms with Crippen LogP contribution in [0.15, 0.2) is 4.40 Å². The number of rotatable bonds is 7. The fourth-order valence-electron chi connectivity index (χ4n) is 2.54. The third-order valence-electron chi connectivity index (χ3n) is 3.44. The fourth-order valence-corrected chi connectivity index (χ4v) is 3.96. The minimum Gasteiger partial charge on any atom is -0.385 e. The van der Waals surface area contributed by atoms with Crippen LogP contribution in [0.1, 0.15) is 12.8 Å². The van der Waals surface area contributed by atoms with Crippen LogP contribution in [0.4, 0.5) is 4.79 Å². The van der Waals surface area contributed by atoms with Gasteiger partial charge in [0.15, 0.2) is 0 Å². The third kappa shape index (κ3) is 4.46. The van der Waals surface area contributed by atoms with Gasteiger partial charge in [0.2, 0.25) is 0 Å². The Hall–Kier alpha value is -1.19. The quantitative estimate of drug-likeness (QED) is 0.197. The van der Waals surface area contributed by atoms with Crippen LogP contribution in [-0.2, 0) is 24.9 Å². The average molecular weight is 406 g/mol. The summed E-state index contributed by atoms with van der Waals surface area (Å²) in [6.45, 7) is 0.0242. The first-order valence-corrected chi connectivity index (χ1v) is 10.1. The van der Waals surface area contributed by atoms with Crippen LogP contribution in [0.2, 0.25) is 0 Å². The summed E-state index contributed by atoms with van der Waals surface area (Å²) < 4.78 is 63.4. The highest BCUT2D eigenvalue weighted by atomic mass is 35.5. The second-order valence-corrected chi connectivity index (χ2v) is 7.89. The number of nitrogens with one attached hydrogen (secondary N) is 1. The number of carbonyl (C=O) groups excluding carboxylic acids is 1. The number of alkyl halides is 1. The summed E-state index contributed by atoms with van der Waals surface area (Å²) in [5, 5.41) is 0.531. The number of carbonyl (C=O) groups is 1. The average Bonchev–Trinajstić information content (AvgIpc) is 2.68. The van der Waals surface area contributed by atoms with E-state index in [-0.39, 0.29) is 37.6 Å². The van der Waals surface area contributed by atoms with E-state index >= 15 is 0 Å². The van der Waals surface area contributed by atoms with E-state index in [9.17, 15) is 21.6 Å². The minimum absolute atomic E-state index is 0.0357. The lowest BCUT2D eigenvalue weighted by Gasteiger charge is -2.29. The van der Waals surface area contributed by atoms with Gasteiger partial charge in [-0.1, -0.05) is 0 Å². The van der Waals surface area contributed by atoms with Crippen molar-refractivity contribution in [2.24, 2.45) is 10.1 Å². The van der Waals surface area contributed by atoms with Gasteiger partial charge >= 0.3 is 26.6 Å². The van der Waals surface area contributed by atoms with Crippen molar-refractivity contribution in [1.29, 1.82) is 0 Å². The van der Waals surface area contributed by atoms with Crippen LogP contribution >= 0.6 is 11.6 Å². The Morgan fingerprint density at radius 1 is 1.42 bits per heavy atom. The fraction of sp³-hybridized carbons (Fsp3) is 0.778. The Balaban J connectivity index is 2.16. The molecule has 0 aromatic rings. The van der Waals surface area contributed by atoms with E-state index < -0.39 is 38.7 Å². The first-order chi connectivity index (χ1) is 11.0. The molecule has 0 saturated carbocycles. The Kier molecular flexibility index (Phi) is 5.56. The van der Waals surface area contributed by atoms with Gasteiger partial charge in [0.25, 0.3) is 0 Å². The Morgan fingerprint density at radius 2 is 2.08 bits per heavy atom. The largest absolute Gasteiger partial charge is 0.418 e. The zero-order valence-corrected chi connectivity index (χ0v) is 14.6.